The molecule has 2 aromatic carbocycles. The van der Waals surface area contributed by atoms with Crippen LogP contribution in [0.4, 0.5) is 8.78 Å². The fourth-order valence-electron chi connectivity index (χ4n) is 3.76. The summed E-state index contributed by atoms with van der Waals surface area (Å²) in [7, 11) is 0. The zero-order valence-corrected chi connectivity index (χ0v) is 17.1. The van der Waals surface area contributed by atoms with Crippen molar-refractivity contribution in [2.24, 2.45) is 0 Å². The van der Waals surface area contributed by atoms with E-state index in [4.69, 9.17) is 4.42 Å². The highest BCUT2D eigenvalue weighted by atomic mass is 19.3. The summed E-state index contributed by atoms with van der Waals surface area (Å²) in [5.74, 6) is -1.26. The second-order valence-electron chi connectivity index (χ2n) is 7.28. The molecule has 0 unspecified atom stereocenters. The third-order valence-corrected chi connectivity index (χ3v) is 5.38. The van der Waals surface area contributed by atoms with Crippen molar-refractivity contribution in [3.8, 4) is 5.75 Å². The number of halogens is 2. The number of aryl methyl sites for hydroxylation is 1. The van der Waals surface area contributed by atoms with Gasteiger partial charge in [0.15, 0.2) is 5.58 Å². The number of carbonyl (C=O) groups is 2. The van der Waals surface area contributed by atoms with Crippen molar-refractivity contribution in [2.45, 2.75) is 19.6 Å². The second kappa shape index (κ2) is 9.21. The molecule has 3 aromatic rings. The number of rotatable bonds is 6. The van der Waals surface area contributed by atoms with Crippen LogP contribution in [0, 0.1) is 0 Å². The van der Waals surface area contributed by atoms with Crippen LogP contribution in [-0.4, -0.2) is 59.0 Å². The van der Waals surface area contributed by atoms with E-state index in [1.54, 1.807) is 35.2 Å². The molecule has 1 aromatic heterocycles. The van der Waals surface area contributed by atoms with Gasteiger partial charge in [0.25, 0.3) is 5.91 Å². The van der Waals surface area contributed by atoms with Crippen molar-refractivity contribution in [1.82, 2.24) is 14.4 Å². The van der Waals surface area contributed by atoms with E-state index in [1.165, 1.54) is 27.7 Å². The Labute approximate surface area is 181 Å². The molecular formula is C22H21F2N3O5. The molecule has 0 atom stereocenters. The predicted octanol–water partition coefficient (Wildman–Crippen LogP) is 2.57. The summed E-state index contributed by atoms with van der Waals surface area (Å²) < 4.78 is 36.3. The molecule has 1 saturated heterocycles. The minimum Gasteiger partial charge on any atom is -0.434 e. The smallest absolute Gasteiger partial charge is 0.419 e. The molecule has 4 rings (SSSR count). The molecule has 0 aliphatic carbocycles. The summed E-state index contributed by atoms with van der Waals surface area (Å²) in [4.78, 5) is 40.6. The Hall–Kier alpha value is -3.69. The first-order chi connectivity index (χ1) is 15.4. The Morgan fingerprint density at radius 1 is 0.969 bits per heavy atom. The summed E-state index contributed by atoms with van der Waals surface area (Å²) in [5, 5.41) is 0. The number of nitrogens with zero attached hydrogens (tertiary/aromatic N) is 3. The number of hydrogen-bond donors (Lipinski definition) is 0. The Kier molecular flexibility index (Phi) is 6.20. The van der Waals surface area contributed by atoms with Crippen molar-refractivity contribution < 1.29 is 27.5 Å². The minimum absolute atomic E-state index is 0.0544. The second-order valence-corrected chi connectivity index (χ2v) is 7.28. The Bertz CT molecular complexity index is 1180. The van der Waals surface area contributed by atoms with E-state index >= 15 is 0 Å². The predicted molar refractivity (Wildman–Crippen MR) is 111 cm³/mol. The fraction of sp³-hybridized carbons (Fsp3) is 0.318. The van der Waals surface area contributed by atoms with Crippen LogP contribution >= 0.6 is 0 Å². The van der Waals surface area contributed by atoms with Crippen molar-refractivity contribution >= 4 is 22.9 Å². The fourth-order valence-corrected chi connectivity index (χ4v) is 3.76. The van der Waals surface area contributed by atoms with Crippen LogP contribution in [0.1, 0.15) is 16.8 Å². The Balaban J connectivity index is 1.34. The average Bonchev–Trinajstić information content (AvgIpc) is 3.12. The van der Waals surface area contributed by atoms with Gasteiger partial charge in [-0.25, -0.2) is 4.79 Å². The molecule has 0 saturated carbocycles. The molecule has 10 heteroatoms. The summed E-state index contributed by atoms with van der Waals surface area (Å²) >= 11 is 0. The van der Waals surface area contributed by atoms with Crippen molar-refractivity contribution in [3.63, 3.8) is 0 Å². The largest absolute Gasteiger partial charge is 0.434 e. The topological polar surface area (TPSA) is 85.0 Å². The number of aromatic nitrogens is 1. The Morgan fingerprint density at radius 2 is 1.62 bits per heavy atom. The molecule has 168 valence electrons. The molecule has 0 spiro atoms. The molecule has 0 N–H and O–H groups in total. The number of piperazine rings is 1. The molecule has 1 aliphatic rings. The lowest BCUT2D eigenvalue weighted by Gasteiger charge is -2.35. The number of fused-ring (bicyclic) bond motifs is 1. The zero-order valence-electron chi connectivity index (χ0n) is 17.1. The molecule has 8 nitrogen and oxygen atoms in total. The van der Waals surface area contributed by atoms with Gasteiger partial charge in [-0.3, -0.25) is 14.2 Å². The van der Waals surface area contributed by atoms with Gasteiger partial charge in [0.05, 0.1) is 11.1 Å². The van der Waals surface area contributed by atoms with Crippen LogP contribution in [-0.2, 0) is 11.3 Å². The third kappa shape index (κ3) is 4.48. The third-order valence-electron chi connectivity index (χ3n) is 5.38. The lowest BCUT2D eigenvalue weighted by atomic mass is 10.1. The van der Waals surface area contributed by atoms with Crippen LogP contribution in [0.15, 0.2) is 57.7 Å². The molecule has 32 heavy (non-hydrogen) atoms. The van der Waals surface area contributed by atoms with Crippen LogP contribution < -0.4 is 10.5 Å². The number of oxazole rings is 1. The van der Waals surface area contributed by atoms with E-state index in [1.807, 2.05) is 0 Å². The maximum absolute atomic E-state index is 12.8. The maximum atomic E-state index is 12.8. The minimum atomic E-state index is -3.03. The van der Waals surface area contributed by atoms with Crippen LogP contribution in [0.5, 0.6) is 5.75 Å². The number of benzene rings is 2. The van der Waals surface area contributed by atoms with E-state index in [0.29, 0.717) is 24.2 Å². The van der Waals surface area contributed by atoms with Gasteiger partial charge >= 0.3 is 12.4 Å². The number of carbonyl (C=O) groups excluding carboxylic acids is 2. The molecule has 0 radical (unpaired) electrons. The zero-order chi connectivity index (χ0) is 22.7. The van der Waals surface area contributed by atoms with Crippen molar-refractivity contribution in [1.29, 1.82) is 0 Å². The van der Waals surface area contributed by atoms with Gasteiger partial charge in [0.1, 0.15) is 5.75 Å². The molecular weight excluding hydrogens is 424 g/mol. The first-order valence-electron chi connectivity index (χ1n) is 10.1. The summed E-state index contributed by atoms with van der Waals surface area (Å²) in [6, 6.07) is 12.8. The first kappa shape index (κ1) is 21.5. The number of para-hydroxylation sites is 3. The molecule has 0 bridgehead atoms. The maximum Gasteiger partial charge on any atom is 0.419 e. The van der Waals surface area contributed by atoms with Crippen LogP contribution in [0.3, 0.4) is 0 Å². The quantitative estimate of drug-likeness (QED) is 0.582. The standard InChI is InChI=1S/C22H21F2N3O5/c23-21(24)31-17-7-3-1-5-15(17)20(29)26-13-11-25(12-14-26)19(28)9-10-27-16-6-2-4-8-18(16)32-22(27)30/h1-8,21H,9-14H2. The monoisotopic (exact) mass is 445 g/mol. The summed E-state index contributed by atoms with van der Waals surface area (Å²) in [6.07, 6.45) is 0.114. The van der Waals surface area contributed by atoms with E-state index in [0.717, 1.165) is 0 Å². The van der Waals surface area contributed by atoms with Crippen molar-refractivity contribution in [3.05, 3.63) is 64.6 Å². The Morgan fingerprint density at radius 3 is 2.38 bits per heavy atom. The van der Waals surface area contributed by atoms with E-state index < -0.39 is 18.3 Å². The molecule has 2 heterocycles. The number of alkyl halides is 2. The van der Waals surface area contributed by atoms with E-state index in [2.05, 4.69) is 4.74 Å². The highest BCUT2D eigenvalue weighted by Gasteiger charge is 2.27. The molecule has 1 aliphatic heterocycles. The van der Waals surface area contributed by atoms with Gasteiger partial charge in [-0.1, -0.05) is 24.3 Å². The van der Waals surface area contributed by atoms with Gasteiger partial charge < -0.3 is 19.0 Å². The number of hydrogen-bond acceptors (Lipinski definition) is 5. The van der Waals surface area contributed by atoms with Crippen LogP contribution in [0.2, 0.25) is 0 Å². The van der Waals surface area contributed by atoms with Gasteiger partial charge in [0.2, 0.25) is 5.91 Å². The number of amides is 2. The molecule has 1 fully saturated rings. The van der Waals surface area contributed by atoms with Crippen LogP contribution in [0.25, 0.3) is 11.1 Å². The van der Waals surface area contributed by atoms with Gasteiger partial charge in [-0.05, 0) is 24.3 Å². The summed E-state index contributed by atoms with van der Waals surface area (Å²) in [6.45, 7) is -1.69. The number of ether oxygens (including phenoxy) is 1. The normalized spacial score (nSPS) is 14.2. The van der Waals surface area contributed by atoms with Crippen molar-refractivity contribution in [2.75, 3.05) is 26.2 Å². The molecule has 2 amide bonds. The van der Waals surface area contributed by atoms with Gasteiger partial charge in [-0.15, -0.1) is 0 Å². The summed E-state index contributed by atoms with van der Waals surface area (Å²) in [5.41, 5.74) is 1.15. The highest BCUT2D eigenvalue weighted by molar-refractivity contribution is 5.97. The van der Waals surface area contributed by atoms with Gasteiger partial charge in [0, 0.05) is 39.1 Å². The first-order valence-corrected chi connectivity index (χ1v) is 10.1. The lowest BCUT2D eigenvalue weighted by Crippen LogP contribution is -2.50. The highest BCUT2D eigenvalue weighted by Crippen LogP contribution is 2.22. The lowest BCUT2D eigenvalue weighted by molar-refractivity contribution is -0.132. The SMILES string of the molecule is O=C(CCn1c(=O)oc2ccccc21)N1CCN(C(=O)c2ccccc2OC(F)F)CC1. The van der Waals surface area contributed by atoms with Gasteiger partial charge in [-0.2, -0.15) is 8.78 Å². The van der Waals surface area contributed by atoms with E-state index in [9.17, 15) is 23.2 Å². The van der Waals surface area contributed by atoms with E-state index in [-0.39, 0.29) is 43.3 Å². The average molecular weight is 445 g/mol.